The molecule has 11 heteroatoms. The molecule has 10 nitrogen and oxygen atoms in total. The van der Waals surface area contributed by atoms with Crippen LogP contribution in [0.1, 0.15) is 23.2 Å². The number of thiophene rings is 1. The van der Waals surface area contributed by atoms with Crippen molar-refractivity contribution >= 4 is 45.0 Å². The minimum Gasteiger partial charge on any atom is -0.381 e. The predicted octanol–water partition coefficient (Wildman–Crippen LogP) is 2.93. The molecule has 5 rings (SSSR count). The van der Waals surface area contributed by atoms with E-state index in [1.165, 1.54) is 11.3 Å². The number of fused-ring (bicyclic) bond motifs is 1. The molecule has 172 valence electrons. The third-order valence-electron chi connectivity index (χ3n) is 5.88. The van der Waals surface area contributed by atoms with E-state index in [-0.39, 0.29) is 5.91 Å². The predicted molar refractivity (Wildman–Crippen MR) is 129 cm³/mol. The molecular formula is C22H26N8O2S. The Labute approximate surface area is 195 Å². The van der Waals surface area contributed by atoms with E-state index in [9.17, 15) is 4.79 Å². The number of aryl methyl sites for hydroxylation is 1. The van der Waals surface area contributed by atoms with Crippen LogP contribution >= 0.6 is 11.3 Å². The zero-order valence-corrected chi connectivity index (χ0v) is 19.6. The molecule has 2 N–H and O–H groups in total. The second kappa shape index (κ2) is 8.83. The zero-order valence-electron chi connectivity index (χ0n) is 18.8. The summed E-state index contributed by atoms with van der Waals surface area (Å²) in [5.74, 6) is 1.21. The van der Waals surface area contributed by atoms with E-state index in [4.69, 9.17) is 14.7 Å². The van der Waals surface area contributed by atoms with Crippen molar-refractivity contribution in [2.24, 2.45) is 7.05 Å². The molecule has 0 spiro atoms. The van der Waals surface area contributed by atoms with Crippen LogP contribution in [0.15, 0.2) is 36.1 Å². The number of rotatable bonds is 6. The lowest BCUT2D eigenvalue weighted by Gasteiger charge is -2.32. The lowest BCUT2D eigenvalue weighted by Crippen LogP contribution is -2.37. The Bertz CT molecular complexity index is 1290. The number of nitrogens with one attached hydrogen (secondary N) is 2. The van der Waals surface area contributed by atoms with Crippen LogP contribution in [-0.2, 0) is 11.8 Å². The normalized spacial score (nSPS) is 14.5. The van der Waals surface area contributed by atoms with Gasteiger partial charge in [0.05, 0.1) is 28.0 Å². The molecule has 1 aliphatic heterocycles. The number of hydrogen-bond acceptors (Lipinski definition) is 8. The second-order valence-electron chi connectivity index (χ2n) is 8.02. The van der Waals surface area contributed by atoms with Gasteiger partial charge in [-0.25, -0.2) is 4.98 Å². The molecule has 1 amide bonds. The molecular weight excluding hydrogens is 440 g/mol. The maximum atomic E-state index is 11.9. The highest BCUT2D eigenvalue weighted by Gasteiger charge is 2.24. The molecule has 0 saturated carbocycles. The number of ether oxygens (including phenoxy) is 1. The van der Waals surface area contributed by atoms with E-state index in [1.54, 1.807) is 17.8 Å². The second-order valence-corrected chi connectivity index (χ2v) is 8.93. The summed E-state index contributed by atoms with van der Waals surface area (Å²) >= 11 is 1.44. The van der Waals surface area contributed by atoms with E-state index < -0.39 is 0 Å². The van der Waals surface area contributed by atoms with Crippen molar-refractivity contribution in [3.8, 4) is 5.69 Å². The van der Waals surface area contributed by atoms with E-state index >= 15 is 0 Å². The number of carbonyl (C=O) groups is 1. The Morgan fingerprint density at radius 2 is 2.12 bits per heavy atom. The van der Waals surface area contributed by atoms with Gasteiger partial charge in [0.15, 0.2) is 5.82 Å². The highest BCUT2D eigenvalue weighted by Crippen LogP contribution is 2.32. The number of carbonyl (C=O) groups excluding carboxylic acids is 1. The van der Waals surface area contributed by atoms with Crippen molar-refractivity contribution in [2.75, 3.05) is 37.5 Å². The zero-order chi connectivity index (χ0) is 22.9. The van der Waals surface area contributed by atoms with Crippen LogP contribution in [0.3, 0.4) is 0 Å². The minimum atomic E-state index is -0.121. The van der Waals surface area contributed by atoms with E-state index in [1.807, 2.05) is 37.1 Å². The Balaban J connectivity index is 1.57. The Morgan fingerprint density at radius 1 is 1.30 bits per heavy atom. The molecule has 1 fully saturated rings. The van der Waals surface area contributed by atoms with Crippen molar-refractivity contribution in [2.45, 2.75) is 18.9 Å². The number of aromatic nitrogens is 5. The largest absolute Gasteiger partial charge is 0.381 e. The maximum absolute atomic E-state index is 11.9. The number of nitrogens with zero attached hydrogens (tertiary/aromatic N) is 6. The van der Waals surface area contributed by atoms with Gasteiger partial charge in [0.1, 0.15) is 5.52 Å². The molecule has 5 heterocycles. The quantitative estimate of drug-likeness (QED) is 0.450. The fourth-order valence-electron chi connectivity index (χ4n) is 4.10. The summed E-state index contributed by atoms with van der Waals surface area (Å²) in [6, 6.07) is 4.12. The molecule has 1 aliphatic rings. The molecule has 1 saturated heterocycles. The summed E-state index contributed by atoms with van der Waals surface area (Å²) in [6.07, 6.45) is 7.68. The SMILES string of the molecule is CNC(=O)c1csc(Nc2nc(N(C)C3CCOCC3)c3c(ccn3-c3cnn(C)c3)n2)c1. The van der Waals surface area contributed by atoms with Crippen LogP contribution in [0.2, 0.25) is 0 Å². The summed E-state index contributed by atoms with van der Waals surface area (Å²) < 4.78 is 9.42. The average Bonchev–Trinajstić information content (AvgIpc) is 3.58. The Kier molecular flexibility index (Phi) is 5.73. The smallest absolute Gasteiger partial charge is 0.251 e. The minimum absolute atomic E-state index is 0.121. The molecule has 0 aliphatic carbocycles. The van der Waals surface area contributed by atoms with Crippen LogP contribution in [-0.4, -0.2) is 63.6 Å². The van der Waals surface area contributed by atoms with E-state index in [0.29, 0.717) is 17.6 Å². The van der Waals surface area contributed by atoms with Crippen molar-refractivity contribution in [1.82, 2.24) is 29.6 Å². The Hall–Kier alpha value is -3.44. The van der Waals surface area contributed by atoms with Gasteiger partial charge >= 0.3 is 0 Å². The molecule has 0 atom stereocenters. The first-order chi connectivity index (χ1) is 16.0. The van der Waals surface area contributed by atoms with Crippen molar-refractivity contribution in [3.05, 3.63) is 41.7 Å². The number of anilines is 3. The highest BCUT2D eigenvalue weighted by atomic mass is 32.1. The maximum Gasteiger partial charge on any atom is 0.251 e. The molecule has 0 bridgehead atoms. The van der Waals surface area contributed by atoms with Gasteiger partial charge in [-0.1, -0.05) is 0 Å². The van der Waals surface area contributed by atoms with Gasteiger partial charge in [0.2, 0.25) is 5.95 Å². The van der Waals surface area contributed by atoms with Crippen LogP contribution in [0.25, 0.3) is 16.7 Å². The van der Waals surface area contributed by atoms with Gasteiger partial charge in [-0.2, -0.15) is 10.1 Å². The third-order valence-corrected chi connectivity index (χ3v) is 6.73. The lowest BCUT2D eigenvalue weighted by atomic mass is 10.1. The summed E-state index contributed by atoms with van der Waals surface area (Å²) in [4.78, 5) is 23.9. The van der Waals surface area contributed by atoms with Gasteiger partial charge in [-0.15, -0.1) is 11.3 Å². The Morgan fingerprint density at radius 3 is 2.85 bits per heavy atom. The van der Waals surface area contributed by atoms with Gasteiger partial charge in [-0.05, 0) is 25.0 Å². The number of amides is 1. The monoisotopic (exact) mass is 466 g/mol. The van der Waals surface area contributed by atoms with Crippen LogP contribution < -0.4 is 15.5 Å². The lowest BCUT2D eigenvalue weighted by molar-refractivity contribution is 0.0854. The van der Waals surface area contributed by atoms with E-state index in [0.717, 1.165) is 53.6 Å². The molecule has 33 heavy (non-hydrogen) atoms. The molecule has 4 aromatic heterocycles. The fourth-order valence-corrected chi connectivity index (χ4v) is 4.87. The average molecular weight is 467 g/mol. The van der Waals surface area contributed by atoms with Crippen molar-refractivity contribution < 1.29 is 9.53 Å². The van der Waals surface area contributed by atoms with Crippen LogP contribution in [0.4, 0.5) is 16.8 Å². The van der Waals surface area contributed by atoms with E-state index in [2.05, 4.69) is 32.2 Å². The van der Waals surface area contributed by atoms with Crippen molar-refractivity contribution in [1.29, 1.82) is 0 Å². The first-order valence-corrected chi connectivity index (χ1v) is 11.7. The third kappa shape index (κ3) is 4.16. The fraction of sp³-hybridized carbons (Fsp3) is 0.364. The van der Waals surface area contributed by atoms with Gasteiger partial charge in [0.25, 0.3) is 5.91 Å². The summed E-state index contributed by atoms with van der Waals surface area (Å²) in [6.45, 7) is 1.49. The first kappa shape index (κ1) is 21.4. The molecule has 0 radical (unpaired) electrons. The van der Waals surface area contributed by atoms with Crippen molar-refractivity contribution in [3.63, 3.8) is 0 Å². The summed E-state index contributed by atoms with van der Waals surface area (Å²) in [5.41, 5.74) is 3.31. The topological polar surface area (TPSA) is 102 Å². The van der Waals surface area contributed by atoms with Crippen LogP contribution in [0.5, 0.6) is 0 Å². The summed E-state index contributed by atoms with van der Waals surface area (Å²) in [7, 11) is 5.60. The molecule has 0 unspecified atom stereocenters. The standard InChI is InChI=1S/C22H26N8O2S/c1-23-21(31)14-10-18(33-13-14)26-22-25-17-4-7-30(16-11-24-28(2)12-16)19(17)20(27-22)29(3)15-5-8-32-9-6-15/h4,7,10-13,15H,5-6,8-9H2,1-3H3,(H,23,31)(H,25,26,27). The van der Waals surface area contributed by atoms with Gasteiger partial charge in [-0.3, -0.25) is 9.48 Å². The van der Waals surface area contributed by atoms with Gasteiger partial charge < -0.3 is 24.8 Å². The first-order valence-electron chi connectivity index (χ1n) is 10.8. The molecule has 0 aromatic carbocycles. The molecule has 4 aromatic rings. The summed E-state index contributed by atoms with van der Waals surface area (Å²) in [5, 5.41) is 12.9. The van der Waals surface area contributed by atoms with Gasteiger partial charge in [0, 0.05) is 58.2 Å². The highest BCUT2D eigenvalue weighted by molar-refractivity contribution is 7.14. The number of hydrogen-bond donors (Lipinski definition) is 2. The van der Waals surface area contributed by atoms with Crippen LogP contribution in [0, 0.1) is 0 Å².